The van der Waals surface area contributed by atoms with Crippen molar-refractivity contribution in [3.05, 3.63) is 74.0 Å². The molecule has 184 valence electrons. The number of hydrogen-bond donors (Lipinski definition) is 2. The summed E-state index contributed by atoms with van der Waals surface area (Å²) in [6.45, 7) is 3.43. The minimum atomic E-state index is -0.363. The standard InChI is InChI=1S/C7H10N2O2.C6H5N4O.C6H4N4.3W/c1-4-5(2)9(3)7(11)8-6(4)10;1-10-3-9-4-5(10)7-2-8-6(4)11;1-10-4-9-5-2-7-3-8-6(5)10;;;/h1-3H3,(H,8,10,11);3H,1H3,(H,7,8,11);4H,1H3;;;/q;-1;-2;;;. The van der Waals surface area contributed by atoms with E-state index >= 15 is 0 Å². The number of aromatic amines is 2. The molecule has 0 fully saturated rings. The van der Waals surface area contributed by atoms with Gasteiger partial charge in [-0.2, -0.15) is 6.33 Å². The molecular weight excluding hydrogens is 968 g/mol. The van der Waals surface area contributed by atoms with Crippen LogP contribution in [0.15, 0.2) is 27.0 Å². The smallest absolute Gasteiger partial charge is 0.328 e. The van der Waals surface area contributed by atoms with Crippen LogP contribution in [0.1, 0.15) is 11.3 Å². The maximum absolute atomic E-state index is 11.0. The van der Waals surface area contributed by atoms with Crippen LogP contribution in [-0.4, -0.2) is 48.6 Å². The van der Waals surface area contributed by atoms with Crippen molar-refractivity contribution in [3.63, 3.8) is 0 Å². The molecule has 0 unspecified atom stereocenters. The van der Waals surface area contributed by atoms with Gasteiger partial charge in [-0.05, 0) is 20.9 Å². The Bertz CT molecular complexity index is 1530. The minimum absolute atomic E-state index is 0. The van der Waals surface area contributed by atoms with E-state index in [2.05, 4.69) is 53.7 Å². The Balaban J connectivity index is 0.000000475. The van der Waals surface area contributed by atoms with E-state index in [0.29, 0.717) is 27.9 Å². The van der Waals surface area contributed by atoms with Crippen LogP contribution in [0, 0.1) is 32.7 Å². The molecule has 0 aliphatic heterocycles. The van der Waals surface area contributed by atoms with Crippen molar-refractivity contribution in [3.8, 4) is 0 Å². The van der Waals surface area contributed by atoms with Gasteiger partial charge in [0.15, 0.2) is 5.56 Å². The van der Waals surface area contributed by atoms with E-state index in [-0.39, 0.29) is 80.0 Å². The fourth-order valence-electron chi connectivity index (χ4n) is 2.53. The zero-order chi connectivity index (χ0) is 23.4. The summed E-state index contributed by atoms with van der Waals surface area (Å²) in [6, 6.07) is 0. The molecule has 0 amide bonds. The van der Waals surface area contributed by atoms with E-state index in [1.807, 2.05) is 7.05 Å². The van der Waals surface area contributed by atoms with E-state index in [0.717, 1.165) is 5.65 Å². The van der Waals surface area contributed by atoms with Crippen LogP contribution in [0.4, 0.5) is 0 Å². The molecule has 35 heavy (non-hydrogen) atoms. The quantitative estimate of drug-likeness (QED) is 0.189. The van der Waals surface area contributed by atoms with Crippen molar-refractivity contribution >= 4 is 22.3 Å². The number of nitrogens with zero attached hydrogens (tertiary/aromatic N) is 8. The Morgan fingerprint density at radius 3 is 2.11 bits per heavy atom. The van der Waals surface area contributed by atoms with Crippen LogP contribution in [0.25, 0.3) is 22.3 Å². The van der Waals surface area contributed by atoms with Gasteiger partial charge < -0.3 is 38.4 Å². The number of rotatable bonds is 0. The van der Waals surface area contributed by atoms with Crippen molar-refractivity contribution in [2.24, 2.45) is 21.1 Å². The fourth-order valence-corrected chi connectivity index (χ4v) is 2.53. The SMILES string of the molecule is Cc1c(C)n(C)c(=O)[nH]c1=O.Cn1cnc2[c-]n[c-]nc21.Cn1cnc2c(=O)[nH][c-]nc21.[W].[W].[W]. The first-order valence-electron chi connectivity index (χ1n) is 9.17. The van der Waals surface area contributed by atoms with Gasteiger partial charge >= 0.3 is 5.69 Å². The van der Waals surface area contributed by atoms with Crippen molar-refractivity contribution in [2.45, 2.75) is 13.8 Å². The molecule has 0 aliphatic carbocycles. The monoisotopic (exact) mass is 987 g/mol. The maximum Gasteiger partial charge on any atom is 0.328 e. The first-order chi connectivity index (χ1) is 15.2. The van der Waals surface area contributed by atoms with Crippen molar-refractivity contribution in [1.29, 1.82) is 0 Å². The summed E-state index contributed by atoms with van der Waals surface area (Å²) in [6.07, 6.45) is 10.7. The number of aromatic nitrogens is 10. The Morgan fingerprint density at radius 1 is 0.857 bits per heavy atom. The van der Waals surface area contributed by atoms with Crippen LogP contribution in [0.5, 0.6) is 0 Å². The number of H-pyrrole nitrogens is 2. The molecule has 0 saturated heterocycles. The van der Waals surface area contributed by atoms with Gasteiger partial charge in [0.25, 0.3) is 5.56 Å². The summed E-state index contributed by atoms with van der Waals surface area (Å²) >= 11 is 0. The molecule has 5 aromatic rings. The minimum Gasteiger partial charge on any atom is -0.522 e. The molecule has 0 aliphatic rings. The Hall–Kier alpha value is -2.36. The zero-order valence-corrected chi connectivity index (χ0v) is 28.0. The third kappa shape index (κ3) is 7.56. The topological polar surface area (TPSA) is 162 Å². The number of aryl methyl sites for hydroxylation is 2. The molecule has 0 bridgehead atoms. The van der Waals surface area contributed by atoms with Gasteiger partial charge in [0.1, 0.15) is 0 Å². The van der Waals surface area contributed by atoms with Crippen molar-refractivity contribution in [2.75, 3.05) is 0 Å². The van der Waals surface area contributed by atoms with Gasteiger partial charge in [-0.15, -0.1) is 5.52 Å². The molecular formula is C19H19N10O3W3-3. The molecule has 0 radical (unpaired) electrons. The van der Waals surface area contributed by atoms with Gasteiger partial charge in [0.2, 0.25) is 0 Å². The molecule has 16 heteroatoms. The Labute approximate surface area is 241 Å². The van der Waals surface area contributed by atoms with Gasteiger partial charge in [-0.3, -0.25) is 19.7 Å². The number of nitrogens with one attached hydrogen (secondary N) is 2. The predicted octanol–water partition coefficient (Wildman–Crippen LogP) is -0.897. The molecule has 0 spiro atoms. The zero-order valence-electron chi connectivity index (χ0n) is 19.2. The number of hydrogen-bond acceptors (Lipinski definition) is 8. The molecule has 0 aromatic carbocycles. The van der Waals surface area contributed by atoms with Crippen molar-refractivity contribution < 1.29 is 63.2 Å². The summed E-state index contributed by atoms with van der Waals surface area (Å²) in [7, 11) is 5.26. The molecule has 2 N–H and O–H groups in total. The first-order valence-corrected chi connectivity index (χ1v) is 9.17. The molecule has 0 saturated carbocycles. The van der Waals surface area contributed by atoms with Crippen LogP contribution >= 0.6 is 0 Å². The van der Waals surface area contributed by atoms with Crippen LogP contribution in [0.2, 0.25) is 0 Å². The van der Waals surface area contributed by atoms with Gasteiger partial charge in [-0.25, -0.2) is 11.0 Å². The summed E-state index contributed by atoms with van der Waals surface area (Å²) in [5.41, 5.74) is 2.72. The molecule has 13 nitrogen and oxygen atoms in total. The first kappa shape index (κ1) is 32.6. The summed E-state index contributed by atoms with van der Waals surface area (Å²) in [5.74, 6) is 0. The Morgan fingerprint density at radius 2 is 1.49 bits per heavy atom. The van der Waals surface area contributed by atoms with E-state index in [9.17, 15) is 14.4 Å². The molecule has 5 aromatic heterocycles. The number of imidazole rings is 2. The molecule has 5 rings (SSSR count). The van der Waals surface area contributed by atoms with Gasteiger partial charge in [0.05, 0.1) is 23.8 Å². The van der Waals surface area contributed by atoms with Crippen molar-refractivity contribution in [1.82, 2.24) is 48.6 Å². The van der Waals surface area contributed by atoms with Crippen LogP contribution in [0.3, 0.4) is 0 Å². The van der Waals surface area contributed by atoms with Gasteiger partial charge in [-0.1, -0.05) is 5.65 Å². The Kier molecular flexibility index (Phi) is 13.3. The second-order valence-electron chi connectivity index (χ2n) is 6.70. The summed E-state index contributed by atoms with van der Waals surface area (Å²) in [4.78, 5) is 56.5. The summed E-state index contributed by atoms with van der Waals surface area (Å²) < 4.78 is 4.88. The fraction of sp³-hybridized carbons (Fsp3) is 0.263. The predicted molar refractivity (Wildman–Crippen MR) is 114 cm³/mol. The number of fused-ring (bicyclic) bond motifs is 2. The second kappa shape index (κ2) is 14.3. The van der Waals surface area contributed by atoms with Crippen LogP contribution in [-0.2, 0) is 84.3 Å². The van der Waals surface area contributed by atoms with Gasteiger partial charge in [0, 0.05) is 94.9 Å². The normalized spacial score (nSPS) is 9.51. The average molecular weight is 987 g/mol. The molecule has 0 atom stereocenters. The van der Waals surface area contributed by atoms with E-state index < -0.39 is 0 Å². The van der Waals surface area contributed by atoms with Crippen LogP contribution < -0.4 is 16.8 Å². The van der Waals surface area contributed by atoms with E-state index in [1.54, 1.807) is 49.7 Å². The average Bonchev–Trinajstić information content (AvgIpc) is 3.36. The molecule has 5 heterocycles. The van der Waals surface area contributed by atoms with E-state index in [1.165, 1.54) is 4.57 Å². The third-order valence-corrected chi connectivity index (χ3v) is 4.64. The largest absolute Gasteiger partial charge is 0.522 e. The third-order valence-electron chi connectivity index (χ3n) is 4.64. The maximum atomic E-state index is 11.0. The summed E-state index contributed by atoms with van der Waals surface area (Å²) in [5, 5.41) is 0. The van der Waals surface area contributed by atoms with E-state index in [4.69, 9.17) is 0 Å². The second-order valence-corrected chi connectivity index (χ2v) is 6.70.